The number of aliphatic carboxylic acids is 1. The third kappa shape index (κ3) is 3.30. The Hall–Kier alpha value is -2.15. The largest absolute Gasteiger partial charge is 0.494 e. The zero-order chi connectivity index (χ0) is 15.5. The van der Waals surface area contributed by atoms with Gasteiger partial charge in [-0.1, -0.05) is 6.07 Å². The molecule has 1 saturated heterocycles. The van der Waals surface area contributed by atoms with Gasteiger partial charge in [0.05, 0.1) is 31.2 Å². The topological polar surface area (TPSA) is 84.9 Å². The number of carboxylic acids is 1. The molecule has 1 aromatic carbocycles. The Morgan fingerprint density at radius 3 is 2.86 bits per heavy atom. The number of ether oxygens (including phenoxy) is 2. The van der Waals surface area contributed by atoms with Crippen LogP contribution in [0.5, 0.6) is 5.75 Å². The molecular formula is C14H16FNO5. The van der Waals surface area contributed by atoms with Crippen molar-refractivity contribution in [3.05, 3.63) is 29.6 Å². The van der Waals surface area contributed by atoms with Crippen molar-refractivity contribution in [1.82, 2.24) is 5.32 Å². The van der Waals surface area contributed by atoms with Gasteiger partial charge in [0, 0.05) is 6.61 Å². The second-order valence-corrected chi connectivity index (χ2v) is 4.93. The molecule has 0 bridgehead atoms. The molecular weight excluding hydrogens is 281 g/mol. The van der Waals surface area contributed by atoms with Crippen molar-refractivity contribution < 1.29 is 28.6 Å². The molecule has 0 saturated carbocycles. The second-order valence-electron chi connectivity index (χ2n) is 4.93. The molecule has 1 fully saturated rings. The number of amides is 1. The van der Waals surface area contributed by atoms with Gasteiger partial charge in [-0.05, 0) is 18.6 Å². The summed E-state index contributed by atoms with van der Waals surface area (Å²) in [5.74, 6) is -2.55. The number of hydrogen-bond donors (Lipinski definition) is 2. The van der Waals surface area contributed by atoms with Gasteiger partial charge in [0.15, 0.2) is 11.6 Å². The smallest absolute Gasteiger partial charge is 0.305 e. The molecule has 1 aliphatic rings. The minimum Gasteiger partial charge on any atom is -0.494 e. The lowest BCUT2D eigenvalue weighted by Crippen LogP contribution is -2.50. The normalized spacial score (nSPS) is 21.0. The average Bonchev–Trinajstić information content (AvgIpc) is 2.86. The summed E-state index contributed by atoms with van der Waals surface area (Å²) in [6, 6.07) is 4.21. The highest BCUT2D eigenvalue weighted by Crippen LogP contribution is 2.25. The molecule has 2 N–H and O–H groups in total. The maximum Gasteiger partial charge on any atom is 0.305 e. The Balaban J connectivity index is 2.22. The maximum absolute atomic E-state index is 14.1. The van der Waals surface area contributed by atoms with E-state index in [1.807, 2.05) is 0 Å². The summed E-state index contributed by atoms with van der Waals surface area (Å²) >= 11 is 0. The first-order valence-corrected chi connectivity index (χ1v) is 6.42. The van der Waals surface area contributed by atoms with E-state index in [0.717, 1.165) is 0 Å². The monoisotopic (exact) mass is 297 g/mol. The van der Waals surface area contributed by atoms with Gasteiger partial charge < -0.3 is 19.9 Å². The number of nitrogens with one attached hydrogen (secondary N) is 1. The molecule has 1 atom stereocenters. The van der Waals surface area contributed by atoms with E-state index in [9.17, 15) is 14.0 Å². The van der Waals surface area contributed by atoms with Crippen LogP contribution in [0.4, 0.5) is 4.39 Å². The zero-order valence-electron chi connectivity index (χ0n) is 11.5. The van der Waals surface area contributed by atoms with Gasteiger partial charge in [-0.3, -0.25) is 9.59 Å². The van der Waals surface area contributed by atoms with E-state index >= 15 is 0 Å². The highest BCUT2D eigenvalue weighted by atomic mass is 19.1. The lowest BCUT2D eigenvalue weighted by Gasteiger charge is -2.27. The molecule has 0 aliphatic carbocycles. The highest BCUT2D eigenvalue weighted by Gasteiger charge is 2.39. The van der Waals surface area contributed by atoms with E-state index in [1.54, 1.807) is 0 Å². The van der Waals surface area contributed by atoms with Gasteiger partial charge >= 0.3 is 5.97 Å². The summed E-state index contributed by atoms with van der Waals surface area (Å²) in [4.78, 5) is 23.2. The van der Waals surface area contributed by atoms with Crippen LogP contribution in [0.25, 0.3) is 0 Å². The lowest BCUT2D eigenvalue weighted by molar-refractivity contribution is -0.138. The minimum absolute atomic E-state index is 0.0439. The number of benzene rings is 1. The summed E-state index contributed by atoms with van der Waals surface area (Å²) in [7, 11) is 1.30. The molecule has 0 radical (unpaired) electrons. The van der Waals surface area contributed by atoms with E-state index in [0.29, 0.717) is 13.0 Å². The first-order valence-electron chi connectivity index (χ1n) is 6.42. The number of carbonyl (C=O) groups is 2. The van der Waals surface area contributed by atoms with Gasteiger partial charge in [0.1, 0.15) is 0 Å². The first-order chi connectivity index (χ1) is 9.97. The van der Waals surface area contributed by atoms with Crippen molar-refractivity contribution in [2.24, 2.45) is 0 Å². The van der Waals surface area contributed by atoms with Gasteiger partial charge in [-0.25, -0.2) is 4.39 Å². The van der Waals surface area contributed by atoms with Crippen molar-refractivity contribution in [1.29, 1.82) is 0 Å². The fraction of sp³-hybridized carbons (Fsp3) is 0.429. The summed E-state index contributed by atoms with van der Waals surface area (Å²) in [5, 5.41) is 11.6. The molecule has 114 valence electrons. The van der Waals surface area contributed by atoms with Crippen LogP contribution in [0.3, 0.4) is 0 Å². The molecule has 1 heterocycles. The van der Waals surface area contributed by atoms with Gasteiger partial charge in [0.2, 0.25) is 0 Å². The van der Waals surface area contributed by atoms with E-state index in [-0.39, 0.29) is 24.3 Å². The summed E-state index contributed by atoms with van der Waals surface area (Å²) in [6.45, 7) is 0.449. The Morgan fingerprint density at radius 1 is 1.52 bits per heavy atom. The Morgan fingerprint density at radius 2 is 2.29 bits per heavy atom. The average molecular weight is 297 g/mol. The zero-order valence-corrected chi connectivity index (χ0v) is 11.5. The quantitative estimate of drug-likeness (QED) is 0.853. The standard InChI is InChI=1S/C14H16FNO5/c1-20-10-4-2-3-9(12(10)15)13(19)16-14(7-11(17)18)5-6-21-8-14/h2-4H,5-8H2,1H3,(H,16,19)(H,17,18). The molecule has 1 aromatic rings. The highest BCUT2D eigenvalue weighted by molar-refractivity contribution is 5.95. The van der Waals surface area contributed by atoms with Crippen LogP contribution in [-0.2, 0) is 9.53 Å². The molecule has 1 aliphatic heterocycles. The molecule has 0 aromatic heterocycles. The van der Waals surface area contributed by atoms with E-state index < -0.39 is 23.2 Å². The number of methoxy groups -OCH3 is 1. The number of halogens is 1. The van der Waals surface area contributed by atoms with Crippen LogP contribution >= 0.6 is 0 Å². The number of carboxylic acid groups (broad SMARTS) is 1. The Kier molecular flexibility index (Phi) is 4.42. The van der Waals surface area contributed by atoms with Crippen molar-refractivity contribution in [2.45, 2.75) is 18.4 Å². The Labute approximate surface area is 120 Å². The lowest BCUT2D eigenvalue weighted by atomic mass is 9.93. The molecule has 7 heteroatoms. The number of carbonyl (C=O) groups excluding carboxylic acids is 1. The molecule has 0 spiro atoms. The first kappa shape index (κ1) is 15.2. The van der Waals surface area contributed by atoms with Crippen molar-refractivity contribution in [3.8, 4) is 5.75 Å². The van der Waals surface area contributed by atoms with Crippen LogP contribution < -0.4 is 10.1 Å². The predicted octanol–water partition coefficient (Wildman–Crippen LogP) is 1.20. The number of rotatable bonds is 5. The summed E-state index contributed by atoms with van der Waals surface area (Å²) in [6.07, 6.45) is 0.0982. The van der Waals surface area contributed by atoms with Crippen LogP contribution in [0.2, 0.25) is 0 Å². The van der Waals surface area contributed by atoms with Gasteiger partial charge in [0.25, 0.3) is 5.91 Å². The summed E-state index contributed by atoms with van der Waals surface area (Å²) in [5.41, 5.74) is -1.19. The SMILES string of the molecule is COc1cccc(C(=O)NC2(CC(=O)O)CCOC2)c1F. The van der Waals surface area contributed by atoms with E-state index in [4.69, 9.17) is 14.6 Å². The molecule has 21 heavy (non-hydrogen) atoms. The molecule has 1 unspecified atom stereocenters. The fourth-order valence-corrected chi connectivity index (χ4v) is 2.33. The summed E-state index contributed by atoms with van der Waals surface area (Å²) < 4.78 is 24.0. The van der Waals surface area contributed by atoms with E-state index in [1.165, 1.54) is 25.3 Å². The minimum atomic E-state index is -1.05. The van der Waals surface area contributed by atoms with Crippen LogP contribution in [0, 0.1) is 5.82 Å². The van der Waals surface area contributed by atoms with Crippen LogP contribution in [0.15, 0.2) is 18.2 Å². The third-order valence-corrected chi connectivity index (χ3v) is 3.40. The second kappa shape index (κ2) is 6.09. The van der Waals surface area contributed by atoms with Crippen molar-refractivity contribution >= 4 is 11.9 Å². The van der Waals surface area contributed by atoms with Gasteiger partial charge in [-0.15, -0.1) is 0 Å². The predicted molar refractivity (Wildman–Crippen MR) is 70.8 cm³/mol. The van der Waals surface area contributed by atoms with Crippen molar-refractivity contribution in [2.75, 3.05) is 20.3 Å². The van der Waals surface area contributed by atoms with Crippen LogP contribution in [-0.4, -0.2) is 42.8 Å². The molecule has 1 amide bonds. The third-order valence-electron chi connectivity index (χ3n) is 3.40. The van der Waals surface area contributed by atoms with Crippen molar-refractivity contribution in [3.63, 3.8) is 0 Å². The van der Waals surface area contributed by atoms with E-state index in [2.05, 4.69) is 5.32 Å². The molecule has 6 nitrogen and oxygen atoms in total. The fourth-order valence-electron chi connectivity index (χ4n) is 2.33. The Bertz CT molecular complexity index is 554. The molecule has 2 rings (SSSR count). The van der Waals surface area contributed by atoms with Gasteiger partial charge in [-0.2, -0.15) is 0 Å². The van der Waals surface area contributed by atoms with Crippen LogP contribution in [0.1, 0.15) is 23.2 Å². The maximum atomic E-state index is 14.1. The number of hydrogen-bond acceptors (Lipinski definition) is 4.